The van der Waals surface area contributed by atoms with Crippen LogP contribution in [-0.2, 0) is 5.79 Å². The van der Waals surface area contributed by atoms with E-state index in [2.05, 4.69) is 4.98 Å². The van der Waals surface area contributed by atoms with Crippen LogP contribution < -0.4 is 10.7 Å². The summed E-state index contributed by atoms with van der Waals surface area (Å²) in [5.74, 6) is -7.29. The van der Waals surface area contributed by atoms with Gasteiger partial charge in [-0.05, 0) is 24.3 Å². The third-order valence-corrected chi connectivity index (χ3v) is 5.62. The molecule has 1 N–H and O–H groups in total. The van der Waals surface area contributed by atoms with Gasteiger partial charge in [0, 0.05) is 29.0 Å². The van der Waals surface area contributed by atoms with Gasteiger partial charge in [0.1, 0.15) is 22.8 Å². The van der Waals surface area contributed by atoms with E-state index in [1.807, 2.05) is 0 Å². The molecule has 2 heterocycles. The number of fused-ring (bicyclic) bond motifs is 1. The highest BCUT2D eigenvalue weighted by Gasteiger charge is 2.45. The molecule has 4 rings (SSSR count). The Labute approximate surface area is 203 Å². The van der Waals surface area contributed by atoms with Gasteiger partial charge in [0.25, 0.3) is 18.1 Å². The normalized spacial score (nSPS) is 13.1. The molecule has 2 aromatic heterocycles. The Morgan fingerprint density at radius 2 is 1.80 bits per heavy atom. The Morgan fingerprint density at radius 1 is 1.09 bits per heavy atom. The van der Waals surface area contributed by atoms with Gasteiger partial charge in [0.05, 0.1) is 16.1 Å². The fraction of sp³-hybridized carbons (Fsp3) is 0.0870. The number of rotatable bonds is 5. The summed E-state index contributed by atoms with van der Waals surface area (Å²) in [6, 6.07) is 8.29. The predicted molar refractivity (Wildman–Crippen MR) is 120 cm³/mol. The molecule has 5 nitrogen and oxygen atoms in total. The Kier molecular flexibility index (Phi) is 6.52. The summed E-state index contributed by atoms with van der Waals surface area (Å²) >= 11 is 11.8. The van der Waals surface area contributed by atoms with Crippen molar-refractivity contribution in [1.82, 2.24) is 14.9 Å². The topological polar surface area (TPSA) is 64.0 Å². The van der Waals surface area contributed by atoms with Gasteiger partial charge in [-0.15, -0.1) is 0 Å². The number of benzene rings is 2. The highest BCUT2D eigenvalue weighted by atomic mass is 35.5. The van der Waals surface area contributed by atoms with E-state index >= 15 is 4.39 Å². The van der Waals surface area contributed by atoms with E-state index in [4.69, 9.17) is 23.2 Å². The first kappa shape index (κ1) is 24.6. The van der Waals surface area contributed by atoms with E-state index in [0.717, 1.165) is 47.3 Å². The minimum absolute atomic E-state index is 0.0261. The molecule has 0 fully saturated rings. The van der Waals surface area contributed by atoms with Crippen molar-refractivity contribution in [1.29, 1.82) is 0 Å². The van der Waals surface area contributed by atoms with Crippen molar-refractivity contribution in [3.05, 3.63) is 104 Å². The molecule has 1 amide bonds. The molecule has 2 aromatic carbocycles. The number of alkyl halides is 3. The van der Waals surface area contributed by atoms with Gasteiger partial charge >= 0.3 is 0 Å². The minimum Gasteiger partial charge on any atom is -0.311 e. The zero-order valence-electron chi connectivity index (χ0n) is 17.2. The lowest BCUT2D eigenvalue weighted by Crippen LogP contribution is -2.49. The molecule has 0 aliphatic heterocycles. The molecule has 0 radical (unpaired) electrons. The van der Waals surface area contributed by atoms with Gasteiger partial charge in [0.15, 0.2) is 0 Å². The van der Waals surface area contributed by atoms with E-state index in [-0.39, 0.29) is 21.7 Å². The summed E-state index contributed by atoms with van der Waals surface area (Å²) in [6.45, 7) is 0. The zero-order chi connectivity index (χ0) is 25.5. The molecule has 35 heavy (non-hydrogen) atoms. The first-order valence-electron chi connectivity index (χ1n) is 9.74. The first-order valence-corrected chi connectivity index (χ1v) is 10.5. The van der Waals surface area contributed by atoms with Crippen LogP contribution in [0.2, 0.25) is 10.0 Å². The maximum Gasteiger partial charge on any atom is 0.294 e. The van der Waals surface area contributed by atoms with Crippen molar-refractivity contribution in [3.63, 3.8) is 0 Å². The lowest BCUT2D eigenvalue weighted by Gasteiger charge is -2.27. The minimum atomic E-state index is -3.78. The number of nitrogens with one attached hydrogen (secondary N) is 1. The van der Waals surface area contributed by atoms with Crippen LogP contribution in [0.1, 0.15) is 15.9 Å². The Morgan fingerprint density at radius 3 is 2.46 bits per heavy atom. The molecule has 0 aliphatic rings. The first-order chi connectivity index (χ1) is 16.5. The molecule has 1 atom stereocenters. The van der Waals surface area contributed by atoms with Gasteiger partial charge in [0.2, 0.25) is 5.43 Å². The summed E-state index contributed by atoms with van der Waals surface area (Å²) in [4.78, 5) is 30.0. The lowest BCUT2D eigenvalue weighted by molar-refractivity contribution is -0.0572. The Hall–Kier alpha value is -3.50. The third kappa shape index (κ3) is 4.46. The molecule has 0 spiro atoms. The molecule has 12 heteroatoms. The highest BCUT2D eigenvalue weighted by Crippen LogP contribution is 2.35. The van der Waals surface area contributed by atoms with Crippen LogP contribution in [0.25, 0.3) is 16.7 Å². The van der Waals surface area contributed by atoms with Gasteiger partial charge in [-0.25, -0.2) is 26.9 Å². The van der Waals surface area contributed by atoms with Crippen LogP contribution in [0.15, 0.2) is 65.7 Å². The summed E-state index contributed by atoms with van der Waals surface area (Å²) < 4.78 is 72.0. The van der Waals surface area contributed by atoms with Gasteiger partial charge in [-0.1, -0.05) is 41.4 Å². The van der Waals surface area contributed by atoms with Crippen molar-refractivity contribution in [2.75, 3.05) is 0 Å². The largest absolute Gasteiger partial charge is 0.311 e. The number of carbonyl (C=O) groups is 1. The molecule has 0 bridgehead atoms. The molecule has 0 saturated carbocycles. The highest BCUT2D eigenvalue weighted by molar-refractivity contribution is 6.31. The van der Waals surface area contributed by atoms with E-state index in [0.29, 0.717) is 6.07 Å². The van der Waals surface area contributed by atoms with E-state index < -0.39 is 51.3 Å². The maximum atomic E-state index is 15.5. The van der Waals surface area contributed by atoms with Crippen LogP contribution in [0.3, 0.4) is 0 Å². The predicted octanol–water partition coefficient (Wildman–Crippen LogP) is 5.79. The number of halogens is 7. The number of pyridine rings is 2. The van der Waals surface area contributed by atoms with Crippen molar-refractivity contribution in [2.24, 2.45) is 0 Å². The van der Waals surface area contributed by atoms with Gasteiger partial charge < -0.3 is 5.32 Å². The van der Waals surface area contributed by atoms with E-state index in [1.165, 1.54) is 17.4 Å². The van der Waals surface area contributed by atoms with E-state index in [9.17, 15) is 27.2 Å². The molecular weight excluding hydrogens is 516 g/mol. The molecule has 180 valence electrons. The second-order valence-electron chi connectivity index (χ2n) is 7.31. The van der Waals surface area contributed by atoms with Crippen LogP contribution >= 0.6 is 23.2 Å². The number of nitrogens with zero attached hydrogens (tertiary/aromatic N) is 2. The maximum absolute atomic E-state index is 15.5. The zero-order valence-corrected chi connectivity index (χ0v) is 18.7. The smallest absolute Gasteiger partial charge is 0.294 e. The van der Waals surface area contributed by atoms with Crippen molar-refractivity contribution < 1.29 is 26.7 Å². The Bertz CT molecular complexity index is 1530. The number of aromatic nitrogens is 2. The molecule has 0 aliphatic carbocycles. The van der Waals surface area contributed by atoms with Gasteiger partial charge in [-0.3, -0.25) is 14.2 Å². The number of carbonyl (C=O) groups excluding carboxylic acids is 1. The van der Waals surface area contributed by atoms with Crippen LogP contribution in [-0.4, -0.2) is 21.9 Å². The monoisotopic (exact) mass is 527 g/mol. The number of hydrogen-bond donors (Lipinski definition) is 1. The standard InChI is InChI=1S/C23H12Cl2F5N3O2/c24-11-7-13-19(34)14(10-33(20(13)31-9-11)18-6-5-12(26)8-17(18)27)21(35)32-23(30,22(28)29)15-3-1-2-4-16(15)25/h1-10,22H,(H,32,35). The summed E-state index contributed by atoms with van der Waals surface area (Å²) in [5, 5.41) is 0.811. The van der Waals surface area contributed by atoms with Crippen LogP contribution in [0.5, 0.6) is 0 Å². The summed E-state index contributed by atoms with van der Waals surface area (Å²) in [6.07, 6.45) is -1.85. The summed E-state index contributed by atoms with van der Waals surface area (Å²) in [7, 11) is 0. The quantitative estimate of drug-likeness (QED) is 0.264. The number of hydrogen-bond acceptors (Lipinski definition) is 3. The van der Waals surface area contributed by atoms with E-state index in [1.54, 1.807) is 0 Å². The van der Waals surface area contributed by atoms with Gasteiger partial charge in [-0.2, -0.15) is 0 Å². The van der Waals surface area contributed by atoms with Crippen molar-refractivity contribution >= 4 is 40.1 Å². The Balaban J connectivity index is 1.92. The van der Waals surface area contributed by atoms with Crippen molar-refractivity contribution in [3.8, 4) is 5.69 Å². The second kappa shape index (κ2) is 9.27. The van der Waals surface area contributed by atoms with Crippen molar-refractivity contribution in [2.45, 2.75) is 12.2 Å². The molecule has 0 saturated heterocycles. The average Bonchev–Trinajstić information content (AvgIpc) is 2.80. The SMILES string of the molecule is O=C(NC(F)(c1ccccc1Cl)C(F)F)c1cn(-c2ccc(F)cc2F)c2ncc(Cl)cc2c1=O. The summed E-state index contributed by atoms with van der Waals surface area (Å²) in [5.41, 5.74) is -3.11. The second-order valence-corrected chi connectivity index (χ2v) is 8.15. The molecular formula is C23H12Cl2F5N3O2. The van der Waals surface area contributed by atoms with Crippen LogP contribution in [0.4, 0.5) is 22.0 Å². The third-order valence-electron chi connectivity index (χ3n) is 5.08. The number of amides is 1. The lowest BCUT2D eigenvalue weighted by atomic mass is 10.0. The average molecular weight is 528 g/mol. The molecule has 4 aromatic rings. The molecule has 1 unspecified atom stereocenters. The fourth-order valence-corrected chi connectivity index (χ4v) is 3.87. The van der Waals surface area contributed by atoms with Crippen LogP contribution in [0, 0.1) is 11.6 Å². The fourth-order valence-electron chi connectivity index (χ4n) is 3.44.